The molecule has 0 fully saturated rings. The quantitative estimate of drug-likeness (QED) is 0.789. The first-order valence-electron chi connectivity index (χ1n) is 7.58. The summed E-state index contributed by atoms with van der Waals surface area (Å²) in [6.07, 6.45) is 0.944. The summed E-state index contributed by atoms with van der Waals surface area (Å²) in [6, 6.07) is 17.3. The van der Waals surface area contributed by atoms with E-state index in [-0.39, 0.29) is 5.69 Å². The van der Waals surface area contributed by atoms with Crippen molar-refractivity contribution in [3.8, 4) is 16.9 Å². The van der Waals surface area contributed by atoms with E-state index < -0.39 is 5.97 Å². The zero-order valence-corrected chi connectivity index (χ0v) is 13.2. The molecule has 0 spiro atoms. The molecular weight excluding hydrogens is 288 g/mol. The van der Waals surface area contributed by atoms with Crippen LogP contribution in [0.2, 0.25) is 0 Å². The minimum absolute atomic E-state index is 0.157. The molecule has 1 heterocycles. The lowest BCUT2D eigenvalue weighted by Crippen LogP contribution is -2.07. The summed E-state index contributed by atoms with van der Waals surface area (Å²) in [5.74, 6) is -0.990. The predicted octanol–water partition coefficient (Wildman–Crippen LogP) is 4.11. The van der Waals surface area contributed by atoms with Crippen molar-refractivity contribution in [2.75, 3.05) is 0 Å². The maximum Gasteiger partial charge on any atom is 0.354 e. The van der Waals surface area contributed by atoms with Gasteiger partial charge in [-0.05, 0) is 37.1 Å². The molecule has 2 aromatic carbocycles. The number of nitrogens with zero attached hydrogens (tertiary/aromatic N) is 2. The lowest BCUT2D eigenvalue weighted by Gasteiger charge is -2.05. The summed E-state index contributed by atoms with van der Waals surface area (Å²) in [5, 5.41) is 14.0. The molecule has 23 heavy (non-hydrogen) atoms. The molecule has 0 unspecified atom stereocenters. The van der Waals surface area contributed by atoms with E-state index in [2.05, 4.69) is 12.0 Å². The van der Waals surface area contributed by atoms with Crippen molar-refractivity contribution in [2.24, 2.45) is 0 Å². The monoisotopic (exact) mass is 306 g/mol. The fraction of sp³-hybridized carbons (Fsp3) is 0.158. The molecule has 3 rings (SSSR count). The minimum atomic E-state index is -0.990. The van der Waals surface area contributed by atoms with E-state index in [0.717, 1.165) is 23.2 Å². The number of carboxylic acid groups (broad SMARTS) is 1. The number of hydrogen-bond acceptors (Lipinski definition) is 2. The zero-order chi connectivity index (χ0) is 16.4. The minimum Gasteiger partial charge on any atom is -0.477 e. The molecule has 0 bridgehead atoms. The summed E-state index contributed by atoms with van der Waals surface area (Å²) < 4.78 is 1.48. The molecule has 0 amide bonds. The van der Waals surface area contributed by atoms with Gasteiger partial charge in [-0.25, -0.2) is 9.48 Å². The van der Waals surface area contributed by atoms with Gasteiger partial charge in [-0.3, -0.25) is 0 Å². The number of aromatic nitrogens is 2. The van der Waals surface area contributed by atoms with E-state index in [4.69, 9.17) is 0 Å². The van der Waals surface area contributed by atoms with Gasteiger partial charge in [-0.15, -0.1) is 0 Å². The van der Waals surface area contributed by atoms with Gasteiger partial charge in [-0.2, -0.15) is 5.10 Å². The Morgan fingerprint density at radius 1 is 1.09 bits per heavy atom. The van der Waals surface area contributed by atoms with Crippen LogP contribution < -0.4 is 0 Å². The SMILES string of the molecule is CCc1ccc(-n2nc(-c3ccc(C)cc3)cc2C(=O)O)cc1. The van der Waals surface area contributed by atoms with Crippen LogP contribution in [-0.2, 0) is 6.42 Å². The molecule has 0 aliphatic rings. The van der Waals surface area contributed by atoms with Crippen LogP contribution in [0.25, 0.3) is 16.9 Å². The Hall–Kier alpha value is -2.88. The molecule has 4 heteroatoms. The van der Waals surface area contributed by atoms with Gasteiger partial charge in [0.2, 0.25) is 0 Å². The normalized spacial score (nSPS) is 10.7. The van der Waals surface area contributed by atoms with E-state index in [1.165, 1.54) is 10.2 Å². The van der Waals surface area contributed by atoms with Gasteiger partial charge in [0.1, 0.15) is 0 Å². The number of aryl methyl sites for hydroxylation is 2. The highest BCUT2D eigenvalue weighted by atomic mass is 16.4. The van der Waals surface area contributed by atoms with Crippen LogP contribution in [-0.4, -0.2) is 20.9 Å². The summed E-state index contributed by atoms with van der Waals surface area (Å²) >= 11 is 0. The third-order valence-corrected chi connectivity index (χ3v) is 3.86. The van der Waals surface area contributed by atoms with Crippen LogP contribution in [0.4, 0.5) is 0 Å². The predicted molar refractivity (Wildman–Crippen MR) is 90.1 cm³/mol. The summed E-state index contributed by atoms with van der Waals surface area (Å²) in [5.41, 5.74) is 4.82. The highest BCUT2D eigenvalue weighted by Gasteiger charge is 2.16. The fourth-order valence-electron chi connectivity index (χ4n) is 2.47. The van der Waals surface area contributed by atoms with E-state index >= 15 is 0 Å². The number of hydrogen-bond donors (Lipinski definition) is 1. The van der Waals surface area contributed by atoms with E-state index in [1.807, 2.05) is 55.5 Å². The van der Waals surface area contributed by atoms with Gasteiger partial charge in [0.05, 0.1) is 11.4 Å². The average molecular weight is 306 g/mol. The van der Waals surface area contributed by atoms with Gasteiger partial charge in [-0.1, -0.05) is 48.9 Å². The third-order valence-electron chi connectivity index (χ3n) is 3.86. The lowest BCUT2D eigenvalue weighted by molar-refractivity contribution is 0.0687. The zero-order valence-electron chi connectivity index (χ0n) is 13.2. The Morgan fingerprint density at radius 3 is 2.30 bits per heavy atom. The first-order valence-corrected chi connectivity index (χ1v) is 7.58. The Balaban J connectivity index is 2.08. The second-order valence-corrected chi connectivity index (χ2v) is 5.52. The molecular formula is C19H18N2O2. The molecule has 3 aromatic rings. The number of aromatic carboxylic acids is 1. The first kappa shape index (κ1) is 15.0. The molecule has 1 N–H and O–H groups in total. The van der Waals surface area contributed by atoms with Crippen LogP contribution in [0.3, 0.4) is 0 Å². The molecule has 0 radical (unpaired) electrons. The van der Waals surface area contributed by atoms with Crippen molar-refractivity contribution in [1.82, 2.24) is 9.78 Å². The van der Waals surface area contributed by atoms with Gasteiger partial charge in [0.25, 0.3) is 0 Å². The second kappa shape index (κ2) is 6.08. The van der Waals surface area contributed by atoms with Crippen LogP contribution in [0, 0.1) is 6.92 Å². The van der Waals surface area contributed by atoms with Gasteiger partial charge < -0.3 is 5.11 Å². The molecule has 116 valence electrons. The highest BCUT2D eigenvalue weighted by Crippen LogP contribution is 2.22. The van der Waals surface area contributed by atoms with E-state index in [1.54, 1.807) is 6.07 Å². The topological polar surface area (TPSA) is 55.1 Å². The smallest absolute Gasteiger partial charge is 0.354 e. The molecule has 0 saturated carbocycles. The van der Waals surface area contributed by atoms with Crippen molar-refractivity contribution < 1.29 is 9.90 Å². The van der Waals surface area contributed by atoms with E-state index in [0.29, 0.717) is 5.69 Å². The average Bonchev–Trinajstić information content (AvgIpc) is 3.01. The van der Waals surface area contributed by atoms with Crippen molar-refractivity contribution in [3.05, 3.63) is 71.4 Å². The van der Waals surface area contributed by atoms with Crippen LogP contribution in [0.15, 0.2) is 54.6 Å². The van der Waals surface area contributed by atoms with Gasteiger partial charge >= 0.3 is 5.97 Å². The molecule has 0 atom stereocenters. The van der Waals surface area contributed by atoms with Crippen molar-refractivity contribution in [2.45, 2.75) is 20.3 Å². The molecule has 0 aliphatic carbocycles. The number of benzene rings is 2. The summed E-state index contributed by atoms with van der Waals surface area (Å²) in [7, 11) is 0. The van der Waals surface area contributed by atoms with Crippen LogP contribution in [0.5, 0.6) is 0 Å². The van der Waals surface area contributed by atoms with Gasteiger partial charge in [0.15, 0.2) is 5.69 Å². The van der Waals surface area contributed by atoms with Crippen LogP contribution >= 0.6 is 0 Å². The Bertz CT molecular complexity index is 831. The Kier molecular flexibility index (Phi) is 3.98. The maximum absolute atomic E-state index is 11.6. The lowest BCUT2D eigenvalue weighted by atomic mass is 10.1. The molecule has 1 aromatic heterocycles. The van der Waals surface area contributed by atoms with Crippen molar-refractivity contribution in [1.29, 1.82) is 0 Å². The fourth-order valence-corrected chi connectivity index (χ4v) is 2.47. The van der Waals surface area contributed by atoms with Gasteiger partial charge in [0, 0.05) is 5.56 Å². The molecule has 4 nitrogen and oxygen atoms in total. The highest BCUT2D eigenvalue weighted by molar-refractivity contribution is 5.88. The summed E-state index contributed by atoms with van der Waals surface area (Å²) in [4.78, 5) is 11.6. The van der Waals surface area contributed by atoms with Crippen molar-refractivity contribution >= 4 is 5.97 Å². The van der Waals surface area contributed by atoms with Crippen LogP contribution in [0.1, 0.15) is 28.5 Å². The molecule has 0 saturated heterocycles. The Morgan fingerprint density at radius 2 is 1.74 bits per heavy atom. The number of carboxylic acids is 1. The number of carbonyl (C=O) groups is 1. The van der Waals surface area contributed by atoms with Crippen molar-refractivity contribution in [3.63, 3.8) is 0 Å². The summed E-state index contributed by atoms with van der Waals surface area (Å²) in [6.45, 7) is 4.10. The Labute approximate surface area is 135 Å². The molecule has 0 aliphatic heterocycles. The first-order chi connectivity index (χ1) is 11.1. The number of rotatable bonds is 4. The second-order valence-electron chi connectivity index (χ2n) is 5.52. The third kappa shape index (κ3) is 3.01. The standard InChI is InChI=1S/C19H18N2O2/c1-3-14-6-10-16(11-7-14)21-18(19(22)23)12-17(20-21)15-8-4-13(2)5-9-15/h4-12H,3H2,1-2H3,(H,22,23). The maximum atomic E-state index is 11.6. The largest absolute Gasteiger partial charge is 0.477 e. The van der Waals surface area contributed by atoms with E-state index in [9.17, 15) is 9.90 Å².